The van der Waals surface area contributed by atoms with E-state index in [1.807, 2.05) is 60.7 Å². The lowest BCUT2D eigenvalue weighted by molar-refractivity contribution is -0.130. The topological polar surface area (TPSA) is 80.9 Å². The highest BCUT2D eigenvalue weighted by Crippen LogP contribution is 2.28. The Balaban J connectivity index is 1.67. The second kappa shape index (κ2) is 10.8. The van der Waals surface area contributed by atoms with Crippen molar-refractivity contribution in [3.63, 3.8) is 0 Å². The van der Waals surface area contributed by atoms with E-state index in [1.54, 1.807) is 18.2 Å². The van der Waals surface area contributed by atoms with Crippen LogP contribution in [-0.4, -0.2) is 20.7 Å². The molecule has 0 aliphatic carbocycles. The minimum absolute atomic E-state index is 0.156. The third kappa shape index (κ3) is 5.72. The van der Waals surface area contributed by atoms with Crippen molar-refractivity contribution in [2.45, 2.75) is 13.2 Å². The predicted octanol–water partition coefficient (Wildman–Crippen LogP) is 6.23. The van der Waals surface area contributed by atoms with Crippen molar-refractivity contribution in [2.24, 2.45) is 0 Å². The second-order valence-corrected chi connectivity index (χ2v) is 8.78. The fraction of sp³-hybridized carbons (Fsp3) is 0.0769. The monoisotopic (exact) mass is 491 g/mol. The van der Waals surface area contributed by atoms with Gasteiger partial charge in [-0.2, -0.15) is 0 Å². The molecule has 0 bridgehead atoms. The van der Waals surface area contributed by atoms with Crippen LogP contribution in [0.2, 0.25) is 0 Å². The molecule has 0 fully saturated rings. The lowest BCUT2D eigenvalue weighted by Crippen LogP contribution is -2.07. The number of aliphatic carboxylic acids is 1. The Labute approximate surface area is 205 Å². The summed E-state index contributed by atoms with van der Waals surface area (Å²) >= 11 is 6.27. The number of thiazole rings is 1. The highest BCUT2D eigenvalue weighted by molar-refractivity contribution is 7.73. The summed E-state index contributed by atoms with van der Waals surface area (Å²) < 4.78 is 13.3. The first kappa shape index (κ1) is 23.3. The summed E-state index contributed by atoms with van der Waals surface area (Å²) in [7, 11) is 0. The van der Waals surface area contributed by atoms with Crippen LogP contribution in [0, 0.1) is 3.95 Å². The Kier molecular flexibility index (Phi) is 7.41. The molecule has 0 aliphatic heterocycles. The van der Waals surface area contributed by atoms with Gasteiger partial charge in [-0.3, -0.25) is 4.57 Å². The SMILES string of the molecule is O=C(O)C(=Cc1ccc(OCc2ccccc2)c(COc2ccccc2)c1)n1c(O)csc1=S. The molecule has 3 aromatic carbocycles. The Bertz CT molecular complexity index is 1360. The second-order valence-electron chi connectivity index (χ2n) is 7.27. The summed E-state index contributed by atoms with van der Waals surface area (Å²) in [6.45, 7) is 0.605. The van der Waals surface area contributed by atoms with Crippen LogP contribution >= 0.6 is 23.6 Å². The fourth-order valence-corrected chi connectivity index (χ4v) is 4.20. The number of nitrogens with zero attached hydrogens (tertiary/aromatic N) is 1. The van der Waals surface area contributed by atoms with Gasteiger partial charge in [0.2, 0.25) is 5.88 Å². The molecule has 0 aliphatic rings. The van der Waals surface area contributed by atoms with Crippen LogP contribution < -0.4 is 9.47 Å². The van der Waals surface area contributed by atoms with Crippen LogP contribution in [0.3, 0.4) is 0 Å². The molecule has 34 heavy (non-hydrogen) atoms. The number of aromatic hydroxyl groups is 1. The van der Waals surface area contributed by atoms with Crippen molar-refractivity contribution in [3.8, 4) is 17.4 Å². The van der Waals surface area contributed by atoms with Crippen molar-refractivity contribution < 1.29 is 24.5 Å². The Morgan fingerprint density at radius 3 is 2.32 bits per heavy atom. The smallest absolute Gasteiger partial charge is 0.353 e. The minimum atomic E-state index is -1.21. The first-order chi connectivity index (χ1) is 16.5. The number of carboxylic acid groups (broad SMARTS) is 1. The number of carboxylic acids is 1. The summed E-state index contributed by atoms with van der Waals surface area (Å²) in [4.78, 5) is 11.9. The first-order valence-electron chi connectivity index (χ1n) is 10.3. The number of ether oxygens (including phenoxy) is 2. The van der Waals surface area contributed by atoms with Crippen LogP contribution in [0.25, 0.3) is 11.8 Å². The largest absolute Gasteiger partial charge is 0.494 e. The minimum Gasteiger partial charge on any atom is -0.494 e. The third-order valence-electron chi connectivity index (χ3n) is 4.90. The molecule has 8 heteroatoms. The summed E-state index contributed by atoms with van der Waals surface area (Å²) in [5.74, 6) is -0.0997. The molecule has 1 aromatic heterocycles. The van der Waals surface area contributed by atoms with E-state index < -0.39 is 5.97 Å². The highest BCUT2D eigenvalue weighted by atomic mass is 32.1. The van der Waals surface area contributed by atoms with Crippen molar-refractivity contribution in [3.05, 3.63) is 105 Å². The molecule has 0 atom stereocenters. The summed E-state index contributed by atoms with van der Waals surface area (Å²) in [5.41, 5.74) is 2.22. The Morgan fingerprint density at radius 1 is 0.971 bits per heavy atom. The molecule has 1 heterocycles. The zero-order valence-electron chi connectivity index (χ0n) is 18.0. The van der Waals surface area contributed by atoms with Gasteiger partial charge >= 0.3 is 5.97 Å². The van der Waals surface area contributed by atoms with E-state index in [9.17, 15) is 15.0 Å². The molecule has 0 saturated heterocycles. The van der Waals surface area contributed by atoms with Crippen molar-refractivity contribution >= 4 is 41.3 Å². The predicted molar refractivity (Wildman–Crippen MR) is 135 cm³/mol. The molecule has 0 radical (unpaired) electrons. The van der Waals surface area contributed by atoms with Crippen LogP contribution in [0.5, 0.6) is 17.4 Å². The molecular weight excluding hydrogens is 470 g/mol. The van der Waals surface area contributed by atoms with E-state index in [2.05, 4.69) is 0 Å². The number of rotatable bonds is 9. The standard InChI is InChI=1S/C26H21NO5S2/c28-24-17-34-26(33)27(24)22(25(29)30)14-19-11-12-23(32-15-18-7-3-1-4-8-18)20(13-19)16-31-21-9-5-2-6-10-21/h1-14,17,28H,15-16H2,(H,29,30). The summed E-state index contributed by atoms with van der Waals surface area (Å²) in [5, 5.41) is 21.2. The van der Waals surface area contributed by atoms with Gasteiger partial charge in [0.15, 0.2) is 3.95 Å². The van der Waals surface area contributed by atoms with Gasteiger partial charge in [-0.25, -0.2) is 4.79 Å². The first-order valence-corrected chi connectivity index (χ1v) is 11.6. The zero-order valence-corrected chi connectivity index (χ0v) is 19.6. The van der Waals surface area contributed by atoms with Crippen LogP contribution in [-0.2, 0) is 18.0 Å². The van der Waals surface area contributed by atoms with Gasteiger partial charge < -0.3 is 19.7 Å². The van der Waals surface area contributed by atoms with E-state index in [-0.39, 0.29) is 22.1 Å². The van der Waals surface area contributed by atoms with Crippen molar-refractivity contribution in [1.82, 2.24) is 4.57 Å². The van der Waals surface area contributed by atoms with E-state index in [4.69, 9.17) is 21.7 Å². The van der Waals surface area contributed by atoms with Gasteiger partial charge in [0.1, 0.15) is 30.4 Å². The quantitative estimate of drug-likeness (QED) is 0.214. The van der Waals surface area contributed by atoms with Gasteiger partial charge in [-0.15, -0.1) is 11.3 Å². The van der Waals surface area contributed by atoms with Crippen LogP contribution in [0.15, 0.2) is 84.2 Å². The van der Waals surface area contributed by atoms with E-state index in [0.29, 0.717) is 23.7 Å². The van der Waals surface area contributed by atoms with Gasteiger partial charge in [0, 0.05) is 5.56 Å². The summed E-state index contributed by atoms with van der Waals surface area (Å²) in [6.07, 6.45) is 1.46. The average molecular weight is 492 g/mol. The number of hydrogen-bond donors (Lipinski definition) is 2. The molecule has 0 spiro atoms. The van der Waals surface area contributed by atoms with Gasteiger partial charge in [0.25, 0.3) is 0 Å². The average Bonchev–Trinajstić information content (AvgIpc) is 3.19. The molecular formula is C26H21NO5S2. The fourth-order valence-electron chi connectivity index (χ4n) is 3.26. The highest BCUT2D eigenvalue weighted by Gasteiger charge is 2.16. The van der Waals surface area contributed by atoms with Gasteiger partial charge in [-0.05, 0) is 53.7 Å². The summed E-state index contributed by atoms with van der Waals surface area (Å²) in [6, 6.07) is 24.5. The lowest BCUT2D eigenvalue weighted by Gasteiger charge is -2.14. The Hall–Kier alpha value is -3.88. The molecule has 4 aromatic rings. The number of benzene rings is 3. The molecule has 0 unspecified atom stereocenters. The number of aromatic nitrogens is 1. The number of hydrogen-bond acceptors (Lipinski definition) is 6. The van der Waals surface area contributed by atoms with Gasteiger partial charge in [0.05, 0.1) is 5.38 Å². The molecule has 6 nitrogen and oxygen atoms in total. The van der Waals surface area contributed by atoms with Crippen LogP contribution in [0.1, 0.15) is 16.7 Å². The molecule has 2 N–H and O–H groups in total. The van der Waals surface area contributed by atoms with Crippen molar-refractivity contribution in [2.75, 3.05) is 0 Å². The molecule has 0 saturated carbocycles. The third-order valence-corrected chi connectivity index (χ3v) is 6.08. The maximum absolute atomic E-state index is 11.9. The Morgan fingerprint density at radius 2 is 1.68 bits per heavy atom. The maximum Gasteiger partial charge on any atom is 0.353 e. The van der Waals surface area contributed by atoms with E-state index in [1.165, 1.54) is 11.5 Å². The van der Waals surface area contributed by atoms with Gasteiger partial charge in [-0.1, -0.05) is 54.6 Å². The molecule has 4 rings (SSSR count). The van der Waals surface area contributed by atoms with E-state index >= 15 is 0 Å². The molecule has 172 valence electrons. The van der Waals surface area contributed by atoms with Crippen molar-refractivity contribution in [1.29, 1.82) is 0 Å². The number of para-hydroxylation sites is 1. The van der Waals surface area contributed by atoms with Crippen LogP contribution in [0.4, 0.5) is 0 Å². The number of carbonyl (C=O) groups is 1. The lowest BCUT2D eigenvalue weighted by atomic mass is 10.1. The molecule has 0 amide bonds. The normalized spacial score (nSPS) is 11.2. The van der Waals surface area contributed by atoms with E-state index in [0.717, 1.165) is 27.0 Å². The zero-order chi connectivity index (χ0) is 23.9. The maximum atomic E-state index is 11.9.